The van der Waals surface area contributed by atoms with E-state index < -0.39 is 30.2 Å². The van der Waals surface area contributed by atoms with Crippen molar-refractivity contribution in [1.82, 2.24) is 23.9 Å². The van der Waals surface area contributed by atoms with Crippen molar-refractivity contribution in [2.75, 3.05) is 7.11 Å². The van der Waals surface area contributed by atoms with Crippen molar-refractivity contribution in [1.29, 1.82) is 0 Å². The van der Waals surface area contributed by atoms with Gasteiger partial charge in [0, 0.05) is 34.4 Å². The van der Waals surface area contributed by atoms with Crippen molar-refractivity contribution >= 4 is 46.1 Å². The van der Waals surface area contributed by atoms with Gasteiger partial charge in [-0.05, 0) is 47.7 Å². The summed E-state index contributed by atoms with van der Waals surface area (Å²) in [5.41, 5.74) is -0.246. The van der Waals surface area contributed by atoms with Crippen LogP contribution < -0.4 is 5.69 Å². The molecule has 184 valence electrons. The highest BCUT2D eigenvalue weighted by Crippen LogP contribution is 2.31. The molecular weight excluding hydrogens is 593 g/mol. The predicted octanol–water partition coefficient (Wildman–Crippen LogP) is 5.32. The lowest BCUT2D eigenvalue weighted by Gasteiger charge is -2.19. The maximum atomic E-state index is 15.4. The first-order chi connectivity index (χ1) is 16.0. The maximum absolute atomic E-state index is 15.4. The van der Waals surface area contributed by atoms with E-state index in [0.717, 1.165) is 28.4 Å². The van der Waals surface area contributed by atoms with E-state index in [1.54, 1.807) is 25.1 Å². The zero-order valence-corrected chi connectivity index (χ0v) is 21.3. The quantitative estimate of drug-likeness (QED) is 0.255. The number of aromatic nitrogens is 5. The van der Waals surface area contributed by atoms with Gasteiger partial charge in [0.15, 0.2) is 23.3 Å². The highest BCUT2D eigenvalue weighted by molar-refractivity contribution is 14.1. The highest BCUT2D eigenvalue weighted by Gasteiger charge is 2.37. The summed E-state index contributed by atoms with van der Waals surface area (Å²) in [5.74, 6) is -2.97. The monoisotopic (exact) mass is 613 g/mol. The van der Waals surface area contributed by atoms with Crippen LogP contribution in [0.3, 0.4) is 0 Å². The summed E-state index contributed by atoms with van der Waals surface area (Å²) in [7, 11) is 1.42. The number of hydrogen-bond acceptors (Lipinski definition) is 4. The van der Waals surface area contributed by atoms with E-state index >= 15 is 4.39 Å². The summed E-state index contributed by atoms with van der Waals surface area (Å²) >= 11 is 8.14. The largest absolute Gasteiger partial charge is 0.393 e. The van der Waals surface area contributed by atoms with Crippen molar-refractivity contribution in [2.24, 2.45) is 5.92 Å². The number of benzene rings is 1. The Labute approximate surface area is 211 Å². The first-order valence-corrected chi connectivity index (χ1v) is 11.6. The molecular formula is C21H21ClF4IN5O2. The minimum Gasteiger partial charge on any atom is -0.377 e. The molecule has 34 heavy (non-hydrogen) atoms. The molecule has 0 unspecified atom stereocenters. The zero-order chi connectivity index (χ0) is 25.2. The standard InChI is InChI=1S/C21H21ClF4IN5O2/c1-4-30-17(11-34-3)29-32(20(30)33)18-9-28-19(31(18)10-12(2)21(24,25)26)15(23)8-13-14(22)6-5-7-16(13)27/h5-9,12H,4,10-11H2,1-3H3/b15-8-/t12-/m1/s1. The second-order valence-corrected chi connectivity index (χ2v) is 8.98. The molecule has 0 aliphatic rings. The van der Waals surface area contributed by atoms with Crippen LogP contribution in [0, 0.1) is 9.49 Å². The second-order valence-electron chi connectivity index (χ2n) is 7.41. The Morgan fingerprint density at radius 3 is 2.62 bits per heavy atom. The number of hydrogen-bond donors (Lipinski definition) is 0. The molecule has 0 saturated heterocycles. The number of ether oxygens (including phenoxy) is 1. The van der Waals surface area contributed by atoms with E-state index in [1.807, 2.05) is 22.6 Å². The number of imidazole rings is 1. The lowest BCUT2D eigenvalue weighted by atomic mass is 10.1. The number of rotatable bonds is 8. The molecule has 2 heterocycles. The minimum absolute atomic E-state index is 0.00916. The molecule has 0 saturated carbocycles. The molecule has 0 spiro atoms. The van der Waals surface area contributed by atoms with Crippen LogP contribution in [0.1, 0.15) is 31.1 Å². The summed E-state index contributed by atoms with van der Waals surface area (Å²) in [5, 5.41) is 4.46. The average Bonchev–Trinajstić information content (AvgIpc) is 3.30. The third-order valence-electron chi connectivity index (χ3n) is 5.08. The molecule has 1 atom stereocenters. The molecule has 1 aromatic carbocycles. The molecule has 0 aliphatic heterocycles. The van der Waals surface area contributed by atoms with E-state index in [9.17, 15) is 18.0 Å². The topological polar surface area (TPSA) is 66.9 Å². The van der Waals surface area contributed by atoms with E-state index in [0.29, 0.717) is 9.13 Å². The Morgan fingerprint density at radius 2 is 2.03 bits per heavy atom. The fourth-order valence-electron chi connectivity index (χ4n) is 3.26. The zero-order valence-electron chi connectivity index (χ0n) is 18.4. The van der Waals surface area contributed by atoms with Crippen LogP contribution in [0.25, 0.3) is 17.7 Å². The van der Waals surface area contributed by atoms with Gasteiger partial charge in [0.05, 0.1) is 12.1 Å². The van der Waals surface area contributed by atoms with Crippen LogP contribution in [0.15, 0.2) is 29.2 Å². The van der Waals surface area contributed by atoms with Gasteiger partial charge in [0.25, 0.3) is 0 Å². The molecule has 0 radical (unpaired) electrons. The van der Waals surface area contributed by atoms with Crippen LogP contribution in [0.2, 0.25) is 5.02 Å². The lowest BCUT2D eigenvalue weighted by Crippen LogP contribution is -2.29. The van der Waals surface area contributed by atoms with Gasteiger partial charge in [-0.25, -0.2) is 14.2 Å². The minimum atomic E-state index is -4.55. The van der Waals surface area contributed by atoms with Crippen molar-refractivity contribution in [3.63, 3.8) is 0 Å². The van der Waals surface area contributed by atoms with Crippen molar-refractivity contribution in [2.45, 2.75) is 39.7 Å². The molecule has 3 aromatic rings. The van der Waals surface area contributed by atoms with Gasteiger partial charge in [-0.1, -0.05) is 24.6 Å². The number of halogens is 6. The smallest absolute Gasteiger partial charge is 0.377 e. The van der Waals surface area contributed by atoms with Crippen molar-refractivity contribution in [3.8, 4) is 5.82 Å². The lowest BCUT2D eigenvalue weighted by molar-refractivity contribution is -0.172. The van der Waals surface area contributed by atoms with Crippen LogP contribution in [0.4, 0.5) is 17.6 Å². The normalized spacial score (nSPS) is 13.5. The molecule has 7 nitrogen and oxygen atoms in total. The van der Waals surface area contributed by atoms with Crippen LogP contribution in [0.5, 0.6) is 0 Å². The SMILES string of the molecule is CCn1c(COC)nn(-c2cnc(/C(F)=C/c3c(Cl)cccc3I)n2C[C@@H](C)C(F)(F)F)c1=O. The summed E-state index contributed by atoms with van der Waals surface area (Å²) in [6.45, 7) is 2.27. The Bertz CT molecular complexity index is 1240. The molecule has 0 N–H and O–H groups in total. The van der Waals surface area contributed by atoms with Crippen LogP contribution in [-0.4, -0.2) is 37.2 Å². The van der Waals surface area contributed by atoms with Gasteiger partial charge < -0.3 is 9.30 Å². The molecule has 13 heteroatoms. The summed E-state index contributed by atoms with van der Waals surface area (Å²) in [6.07, 6.45) is -2.32. The Hall–Kier alpha value is -2.19. The summed E-state index contributed by atoms with van der Waals surface area (Å²) < 4.78 is 64.5. The number of alkyl halides is 3. The van der Waals surface area contributed by atoms with Crippen LogP contribution >= 0.6 is 34.2 Å². The second kappa shape index (κ2) is 10.6. The Kier molecular flexibility index (Phi) is 8.24. The molecule has 0 aliphatic carbocycles. The van der Waals surface area contributed by atoms with Crippen molar-refractivity contribution in [3.05, 3.63) is 60.7 Å². The molecule has 0 amide bonds. The van der Waals surface area contributed by atoms with Gasteiger partial charge in [-0.2, -0.15) is 17.9 Å². The van der Waals surface area contributed by atoms with Gasteiger partial charge in [-0.15, -0.1) is 5.10 Å². The molecule has 2 aromatic heterocycles. The first-order valence-electron chi connectivity index (χ1n) is 10.1. The number of methoxy groups -OCH3 is 1. The molecule has 3 rings (SSSR count). The Morgan fingerprint density at radius 1 is 1.32 bits per heavy atom. The van der Waals surface area contributed by atoms with Gasteiger partial charge in [0.1, 0.15) is 6.61 Å². The molecule has 0 bridgehead atoms. The molecule has 0 fully saturated rings. The maximum Gasteiger partial charge on any atom is 0.393 e. The summed E-state index contributed by atoms with van der Waals surface area (Å²) in [6, 6.07) is 4.97. The van der Waals surface area contributed by atoms with E-state index in [2.05, 4.69) is 10.1 Å². The van der Waals surface area contributed by atoms with Crippen LogP contribution in [-0.2, 0) is 24.4 Å². The average molecular weight is 614 g/mol. The van der Waals surface area contributed by atoms with Gasteiger partial charge in [-0.3, -0.25) is 4.57 Å². The third kappa shape index (κ3) is 5.38. The Balaban J connectivity index is 2.20. The van der Waals surface area contributed by atoms with Gasteiger partial charge >= 0.3 is 11.9 Å². The fraction of sp³-hybridized carbons (Fsp3) is 0.381. The third-order valence-corrected chi connectivity index (χ3v) is 6.35. The summed E-state index contributed by atoms with van der Waals surface area (Å²) in [4.78, 5) is 16.9. The van der Waals surface area contributed by atoms with E-state index in [-0.39, 0.29) is 35.6 Å². The van der Waals surface area contributed by atoms with Crippen molar-refractivity contribution < 1.29 is 22.3 Å². The predicted molar refractivity (Wildman–Crippen MR) is 128 cm³/mol. The highest BCUT2D eigenvalue weighted by atomic mass is 127. The van der Waals surface area contributed by atoms with E-state index in [1.165, 1.54) is 11.7 Å². The number of nitrogens with zero attached hydrogens (tertiary/aromatic N) is 5. The van der Waals surface area contributed by atoms with Gasteiger partial charge in [0.2, 0.25) is 0 Å². The first kappa shape index (κ1) is 26.4. The van der Waals surface area contributed by atoms with E-state index in [4.69, 9.17) is 16.3 Å². The fourth-order valence-corrected chi connectivity index (χ4v) is 4.31.